The second kappa shape index (κ2) is 6.66. The van der Waals surface area contributed by atoms with Gasteiger partial charge >= 0.3 is 5.97 Å². The summed E-state index contributed by atoms with van der Waals surface area (Å²) in [6.45, 7) is 1.46. The van der Waals surface area contributed by atoms with Crippen LogP contribution in [0.3, 0.4) is 0 Å². The largest absolute Gasteiger partial charge is 0.459 e. The number of hydrogen-bond acceptors (Lipinski definition) is 6. The van der Waals surface area contributed by atoms with Crippen molar-refractivity contribution >= 4 is 11.9 Å². The zero-order chi connectivity index (χ0) is 15.4. The molecule has 0 aliphatic carbocycles. The van der Waals surface area contributed by atoms with E-state index in [1.54, 1.807) is 0 Å². The number of hydroxylamine groups is 2. The number of hydrogen-bond donors (Lipinski definition) is 2. The summed E-state index contributed by atoms with van der Waals surface area (Å²) in [5, 5.41) is 10.3. The van der Waals surface area contributed by atoms with Gasteiger partial charge < -0.3 is 15.6 Å². The fourth-order valence-electron chi connectivity index (χ4n) is 1.88. The fraction of sp³-hybridized carbons (Fsp3) is 0.429. The van der Waals surface area contributed by atoms with Gasteiger partial charge in [0.15, 0.2) is 6.04 Å². The molecule has 3 N–H and O–H groups in total. The summed E-state index contributed by atoms with van der Waals surface area (Å²) >= 11 is 0. The number of carbonyl (C=O) groups excluding carboxylic acids is 2. The van der Waals surface area contributed by atoms with Crippen molar-refractivity contribution in [2.75, 3.05) is 6.61 Å². The SMILES string of the molecule is C[C@H](C(=O)OCc1ccccc1)N1OC[C@H](O)[C@@H](N)C1=O. The third-order valence-electron chi connectivity index (χ3n) is 3.22. The monoisotopic (exact) mass is 294 g/mol. The molecule has 1 aromatic carbocycles. The van der Waals surface area contributed by atoms with Crippen molar-refractivity contribution in [2.45, 2.75) is 31.7 Å². The van der Waals surface area contributed by atoms with Crippen LogP contribution in [0.5, 0.6) is 0 Å². The molecule has 0 radical (unpaired) electrons. The quantitative estimate of drug-likeness (QED) is 0.731. The first kappa shape index (κ1) is 15.4. The van der Waals surface area contributed by atoms with E-state index in [1.165, 1.54) is 6.92 Å². The minimum absolute atomic E-state index is 0.112. The average molecular weight is 294 g/mol. The number of nitrogens with zero attached hydrogens (tertiary/aromatic N) is 1. The van der Waals surface area contributed by atoms with Crippen LogP contribution in [0.25, 0.3) is 0 Å². The highest BCUT2D eigenvalue weighted by Crippen LogP contribution is 2.13. The smallest absolute Gasteiger partial charge is 0.331 e. The van der Waals surface area contributed by atoms with Gasteiger partial charge in [0.25, 0.3) is 5.91 Å². The first-order valence-electron chi connectivity index (χ1n) is 6.61. The molecule has 1 aromatic rings. The Balaban J connectivity index is 1.91. The standard InChI is InChI=1S/C14H18N2O5/c1-9(16-13(18)12(15)11(17)8-21-16)14(19)20-7-10-5-3-2-4-6-10/h2-6,9,11-12,17H,7-8,15H2,1H3/t9-,11+,12-/m1/s1. The Kier molecular flexibility index (Phi) is 4.89. The Morgan fingerprint density at radius 1 is 1.52 bits per heavy atom. The molecule has 0 spiro atoms. The summed E-state index contributed by atoms with van der Waals surface area (Å²) < 4.78 is 5.14. The Morgan fingerprint density at radius 3 is 2.86 bits per heavy atom. The maximum Gasteiger partial charge on any atom is 0.331 e. The molecule has 3 atom stereocenters. The van der Waals surface area contributed by atoms with Gasteiger partial charge in [0.1, 0.15) is 25.4 Å². The Labute approximate surface area is 122 Å². The Hall–Kier alpha value is -1.96. The number of benzene rings is 1. The van der Waals surface area contributed by atoms with Gasteiger partial charge in [-0.25, -0.2) is 9.86 Å². The number of nitrogens with two attached hydrogens (primary N) is 1. The lowest BCUT2D eigenvalue weighted by atomic mass is 10.1. The van der Waals surface area contributed by atoms with Gasteiger partial charge in [0.2, 0.25) is 0 Å². The van der Waals surface area contributed by atoms with E-state index in [2.05, 4.69) is 0 Å². The van der Waals surface area contributed by atoms with Crippen molar-refractivity contribution in [2.24, 2.45) is 5.73 Å². The predicted octanol–water partition coefficient (Wildman–Crippen LogP) is -0.420. The van der Waals surface area contributed by atoms with Crippen molar-refractivity contribution in [3.63, 3.8) is 0 Å². The maximum atomic E-state index is 11.9. The molecule has 1 heterocycles. The summed E-state index contributed by atoms with van der Waals surface area (Å²) in [7, 11) is 0. The van der Waals surface area contributed by atoms with Crippen LogP contribution < -0.4 is 5.73 Å². The maximum absolute atomic E-state index is 11.9. The number of esters is 1. The number of rotatable bonds is 4. The van der Waals surface area contributed by atoms with Crippen LogP contribution in [0.1, 0.15) is 12.5 Å². The van der Waals surface area contributed by atoms with Crippen LogP contribution in [0.2, 0.25) is 0 Å². The first-order chi connectivity index (χ1) is 10.0. The van der Waals surface area contributed by atoms with E-state index >= 15 is 0 Å². The van der Waals surface area contributed by atoms with E-state index in [1.807, 2.05) is 30.3 Å². The van der Waals surface area contributed by atoms with Crippen LogP contribution in [0.15, 0.2) is 30.3 Å². The second-order valence-corrected chi connectivity index (χ2v) is 4.82. The lowest BCUT2D eigenvalue weighted by Crippen LogP contribution is -2.60. The molecule has 1 aliphatic rings. The molecule has 0 unspecified atom stereocenters. The topological polar surface area (TPSA) is 102 Å². The van der Waals surface area contributed by atoms with Gasteiger partial charge in [0, 0.05) is 0 Å². The molecule has 2 rings (SSSR count). The molecule has 0 bridgehead atoms. The Morgan fingerprint density at radius 2 is 2.19 bits per heavy atom. The molecule has 1 fully saturated rings. The van der Waals surface area contributed by atoms with Gasteiger partial charge in [-0.05, 0) is 12.5 Å². The van der Waals surface area contributed by atoms with Crippen LogP contribution in [0.4, 0.5) is 0 Å². The molecular weight excluding hydrogens is 276 g/mol. The summed E-state index contributed by atoms with van der Waals surface area (Å²) in [5.74, 6) is -1.24. The molecule has 1 aliphatic heterocycles. The lowest BCUT2D eigenvalue weighted by Gasteiger charge is -2.35. The van der Waals surface area contributed by atoms with Crippen molar-refractivity contribution in [3.8, 4) is 0 Å². The van der Waals surface area contributed by atoms with Crippen LogP contribution in [-0.2, 0) is 25.8 Å². The van der Waals surface area contributed by atoms with Crippen molar-refractivity contribution in [3.05, 3.63) is 35.9 Å². The summed E-state index contributed by atoms with van der Waals surface area (Å²) in [6.07, 6.45) is -1.07. The van der Waals surface area contributed by atoms with Gasteiger partial charge in [-0.1, -0.05) is 30.3 Å². The van der Waals surface area contributed by atoms with E-state index in [0.717, 1.165) is 10.6 Å². The van der Waals surface area contributed by atoms with E-state index in [0.29, 0.717) is 0 Å². The number of aliphatic hydroxyl groups excluding tert-OH is 1. The number of aliphatic hydroxyl groups is 1. The first-order valence-corrected chi connectivity index (χ1v) is 6.61. The van der Waals surface area contributed by atoms with E-state index in [4.69, 9.17) is 15.3 Å². The minimum atomic E-state index is -1.09. The predicted molar refractivity (Wildman–Crippen MR) is 72.5 cm³/mol. The summed E-state index contributed by atoms with van der Waals surface area (Å²) in [5.41, 5.74) is 6.39. The third-order valence-corrected chi connectivity index (χ3v) is 3.22. The van der Waals surface area contributed by atoms with Crippen LogP contribution in [-0.4, -0.2) is 46.8 Å². The van der Waals surface area contributed by atoms with E-state index in [9.17, 15) is 14.7 Å². The van der Waals surface area contributed by atoms with Crippen LogP contribution in [0, 0.1) is 0 Å². The van der Waals surface area contributed by atoms with E-state index in [-0.39, 0.29) is 13.2 Å². The number of ether oxygens (including phenoxy) is 1. The molecular formula is C14H18N2O5. The Bertz CT molecular complexity index is 507. The molecule has 1 saturated heterocycles. The average Bonchev–Trinajstić information content (AvgIpc) is 2.51. The zero-order valence-corrected chi connectivity index (χ0v) is 11.6. The number of carbonyl (C=O) groups is 2. The van der Waals surface area contributed by atoms with E-state index < -0.39 is 30.1 Å². The van der Waals surface area contributed by atoms with Gasteiger partial charge in [0.05, 0.1) is 0 Å². The van der Waals surface area contributed by atoms with Gasteiger partial charge in [-0.3, -0.25) is 9.63 Å². The summed E-state index contributed by atoms with van der Waals surface area (Å²) in [6, 6.07) is 7.16. The molecule has 21 heavy (non-hydrogen) atoms. The molecule has 1 amide bonds. The normalized spacial score (nSPS) is 23.8. The second-order valence-electron chi connectivity index (χ2n) is 4.82. The zero-order valence-electron chi connectivity index (χ0n) is 11.6. The summed E-state index contributed by atoms with van der Waals surface area (Å²) in [4.78, 5) is 28.9. The van der Waals surface area contributed by atoms with Crippen molar-refractivity contribution < 1.29 is 24.3 Å². The highest BCUT2D eigenvalue weighted by molar-refractivity contribution is 5.87. The fourth-order valence-corrected chi connectivity index (χ4v) is 1.88. The third kappa shape index (κ3) is 3.57. The molecule has 114 valence electrons. The van der Waals surface area contributed by atoms with Crippen molar-refractivity contribution in [1.82, 2.24) is 5.06 Å². The molecule has 0 aromatic heterocycles. The lowest BCUT2D eigenvalue weighted by molar-refractivity contribution is -0.233. The molecule has 7 heteroatoms. The number of amides is 1. The van der Waals surface area contributed by atoms with Crippen LogP contribution >= 0.6 is 0 Å². The van der Waals surface area contributed by atoms with Gasteiger partial charge in [-0.15, -0.1) is 0 Å². The minimum Gasteiger partial charge on any atom is -0.459 e. The molecule has 7 nitrogen and oxygen atoms in total. The van der Waals surface area contributed by atoms with Gasteiger partial charge in [-0.2, -0.15) is 0 Å². The highest BCUT2D eigenvalue weighted by Gasteiger charge is 2.39. The van der Waals surface area contributed by atoms with Crippen molar-refractivity contribution in [1.29, 1.82) is 0 Å². The highest BCUT2D eigenvalue weighted by atomic mass is 16.7. The molecule has 0 saturated carbocycles.